The smallest absolute Gasteiger partial charge is 0.419 e. The van der Waals surface area contributed by atoms with E-state index in [1.807, 2.05) is 98.3 Å². The van der Waals surface area contributed by atoms with Gasteiger partial charge in [0, 0.05) is 28.7 Å². The highest BCUT2D eigenvalue weighted by Gasteiger charge is 2.23. The number of carboxylic acid groups (broad SMARTS) is 1. The van der Waals surface area contributed by atoms with Crippen molar-refractivity contribution in [2.75, 3.05) is 7.11 Å². The van der Waals surface area contributed by atoms with Crippen molar-refractivity contribution in [1.82, 2.24) is 14.1 Å². The number of carboxylic acids is 1. The molecule has 8 nitrogen and oxygen atoms in total. The summed E-state index contributed by atoms with van der Waals surface area (Å²) < 4.78 is 14.8. The lowest BCUT2D eigenvalue weighted by atomic mass is 10.1. The number of nitrogens with zero attached hydrogens (tertiary/aromatic N) is 3. The zero-order chi connectivity index (χ0) is 34.9. The van der Waals surface area contributed by atoms with Gasteiger partial charge in [0.2, 0.25) is 0 Å². The van der Waals surface area contributed by atoms with E-state index < -0.39 is 17.7 Å². The number of hydrogen-bond acceptors (Lipinski definition) is 5. The molecule has 0 amide bonds. The fourth-order valence-electron chi connectivity index (χ4n) is 5.44. The molecule has 0 saturated heterocycles. The van der Waals surface area contributed by atoms with Crippen LogP contribution in [0.4, 0.5) is 4.79 Å². The van der Waals surface area contributed by atoms with Crippen LogP contribution in [0.5, 0.6) is 5.75 Å². The number of benzene rings is 4. The molecule has 0 aliphatic carbocycles. The van der Waals surface area contributed by atoms with E-state index in [1.165, 1.54) is 0 Å². The summed E-state index contributed by atoms with van der Waals surface area (Å²) in [5.41, 5.74) is 5.04. The highest BCUT2D eigenvalue weighted by molar-refractivity contribution is 6.36. The van der Waals surface area contributed by atoms with Crippen LogP contribution in [0.1, 0.15) is 48.1 Å². The lowest BCUT2D eigenvalue weighted by Gasteiger charge is -2.21. The maximum absolute atomic E-state index is 13.4. The molecular formula is C39H33Cl2N3O5. The van der Waals surface area contributed by atoms with Crippen molar-refractivity contribution in [2.24, 2.45) is 0 Å². The summed E-state index contributed by atoms with van der Waals surface area (Å²) in [5, 5.41) is 11.2. The third kappa shape index (κ3) is 7.56. The van der Waals surface area contributed by atoms with Gasteiger partial charge in [-0.2, -0.15) is 0 Å². The van der Waals surface area contributed by atoms with Gasteiger partial charge in [-0.15, -0.1) is 0 Å². The normalized spacial score (nSPS) is 11.7. The molecular weight excluding hydrogens is 661 g/mol. The highest BCUT2D eigenvalue weighted by atomic mass is 35.5. The van der Waals surface area contributed by atoms with Crippen LogP contribution < -0.4 is 4.74 Å². The first-order valence-corrected chi connectivity index (χ1v) is 16.2. The lowest BCUT2D eigenvalue weighted by molar-refractivity contribution is 0.0546. The molecule has 0 bridgehead atoms. The monoisotopic (exact) mass is 693 g/mol. The number of fused-ring (bicyclic) bond motifs is 1. The van der Waals surface area contributed by atoms with Crippen molar-refractivity contribution in [1.29, 1.82) is 0 Å². The highest BCUT2D eigenvalue weighted by Crippen LogP contribution is 2.33. The Morgan fingerprint density at radius 1 is 0.898 bits per heavy atom. The largest absolute Gasteiger partial charge is 0.497 e. The van der Waals surface area contributed by atoms with Gasteiger partial charge >= 0.3 is 12.1 Å². The Morgan fingerprint density at radius 3 is 2.29 bits per heavy atom. The van der Waals surface area contributed by atoms with E-state index in [1.54, 1.807) is 48.1 Å². The number of ether oxygens (including phenoxy) is 2. The van der Waals surface area contributed by atoms with Gasteiger partial charge in [-0.05, 0) is 98.1 Å². The Labute approximate surface area is 293 Å². The lowest BCUT2D eigenvalue weighted by Crippen LogP contribution is -2.27. The molecule has 4 aromatic carbocycles. The topological polar surface area (TPSA) is 95.6 Å². The number of halogens is 2. The van der Waals surface area contributed by atoms with Crippen molar-refractivity contribution in [3.63, 3.8) is 0 Å². The minimum Gasteiger partial charge on any atom is -0.497 e. The zero-order valence-corrected chi connectivity index (χ0v) is 28.8. The van der Waals surface area contributed by atoms with E-state index in [9.17, 15) is 14.7 Å². The summed E-state index contributed by atoms with van der Waals surface area (Å²) in [5.74, 6) is 0.388. The van der Waals surface area contributed by atoms with Crippen LogP contribution >= 0.6 is 23.2 Å². The average molecular weight is 695 g/mol. The van der Waals surface area contributed by atoms with E-state index in [4.69, 9.17) is 37.7 Å². The van der Waals surface area contributed by atoms with E-state index in [0.29, 0.717) is 39.6 Å². The molecule has 0 spiro atoms. The number of methoxy groups -OCH3 is 1. The summed E-state index contributed by atoms with van der Waals surface area (Å²) in [6, 6.07) is 27.4. The van der Waals surface area contributed by atoms with Crippen LogP contribution in [0.15, 0.2) is 97.2 Å². The van der Waals surface area contributed by atoms with Crippen LogP contribution in [0.2, 0.25) is 10.0 Å². The van der Waals surface area contributed by atoms with Gasteiger partial charge in [0.1, 0.15) is 17.2 Å². The van der Waals surface area contributed by atoms with Gasteiger partial charge in [-0.1, -0.05) is 65.7 Å². The van der Waals surface area contributed by atoms with Crippen molar-refractivity contribution < 1.29 is 24.2 Å². The molecule has 6 rings (SSSR count). The molecule has 2 aromatic heterocycles. The van der Waals surface area contributed by atoms with Crippen LogP contribution in [-0.4, -0.2) is 44.0 Å². The van der Waals surface area contributed by atoms with Gasteiger partial charge < -0.3 is 19.1 Å². The third-order valence-corrected chi connectivity index (χ3v) is 8.33. The quantitative estimate of drug-likeness (QED) is 0.170. The van der Waals surface area contributed by atoms with Crippen LogP contribution in [0.3, 0.4) is 0 Å². The zero-order valence-electron chi connectivity index (χ0n) is 27.3. The molecule has 0 unspecified atom stereocenters. The van der Waals surface area contributed by atoms with Gasteiger partial charge in [0.15, 0.2) is 0 Å². The Morgan fingerprint density at radius 2 is 1.63 bits per heavy atom. The first-order valence-electron chi connectivity index (χ1n) is 15.4. The molecule has 0 radical (unpaired) electrons. The average Bonchev–Trinajstić information content (AvgIpc) is 3.64. The molecule has 0 aliphatic heterocycles. The minimum atomic E-state index is -0.977. The number of carbonyl (C=O) groups is 2. The Bertz CT molecular complexity index is 2210. The van der Waals surface area contributed by atoms with Gasteiger partial charge in [0.25, 0.3) is 0 Å². The molecule has 10 heteroatoms. The summed E-state index contributed by atoms with van der Waals surface area (Å²) in [6.07, 6.45) is 5.32. The van der Waals surface area contributed by atoms with E-state index in [2.05, 4.69) is 0 Å². The first-order chi connectivity index (χ1) is 23.4. The second-order valence-electron chi connectivity index (χ2n) is 12.5. The van der Waals surface area contributed by atoms with Gasteiger partial charge in [-0.3, -0.25) is 0 Å². The summed E-state index contributed by atoms with van der Waals surface area (Å²) in [7, 11) is 1.61. The maximum Gasteiger partial charge on any atom is 0.419 e. The molecule has 0 aliphatic rings. The van der Waals surface area contributed by atoms with Crippen molar-refractivity contribution in [3.8, 4) is 28.3 Å². The fraction of sp³-hybridized carbons (Fsp3) is 0.154. The Kier molecular flexibility index (Phi) is 9.37. The first kappa shape index (κ1) is 33.6. The fourth-order valence-corrected chi connectivity index (χ4v) is 5.94. The molecule has 2 heterocycles. The molecule has 49 heavy (non-hydrogen) atoms. The molecule has 248 valence electrons. The molecule has 1 N–H and O–H groups in total. The van der Waals surface area contributed by atoms with Crippen molar-refractivity contribution in [2.45, 2.75) is 32.9 Å². The standard InChI is InChI=1S/C39H33Cl2N3O5/c1-39(2,3)49-38(47)44-34-17-15-30(48-4)19-28(34)20-35(44)26-10-5-24(6-11-26)9-18-36-42-33(31-16-14-29(40)21-32(31)41)23-43(36)22-25-7-12-27(13-8-25)37(45)46/h5-21,23H,22H2,1-4H3,(H,45,46)/b18-9+. The predicted octanol–water partition coefficient (Wildman–Crippen LogP) is 10.2. The number of aromatic carboxylic acids is 1. The molecule has 0 saturated carbocycles. The van der Waals surface area contributed by atoms with E-state index in [0.717, 1.165) is 33.2 Å². The van der Waals surface area contributed by atoms with Crippen LogP contribution in [-0.2, 0) is 11.3 Å². The summed E-state index contributed by atoms with van der Waals surface area (Å²) in [6.45, 7) is 5.98. The number of rotatable bonds is 8. The van der Waals surface area contributed by atoms with Gasteiger partial charge in [-0.25, -0.2) is 19.1 Å². The molecule has 6 aromatic rings. The van der Waals surface area contributed by atoms with Gasteiger partial charge in [0.05, 0.1) is 34.6 Å². The van der Waals surface area contributed by atoms with Crippen molar-refractivity contribution in [3.05, 3.63) is 130 Å². The van der Waals surface area contributed by atoms with Crippen LogP contribution in [0, 0.1) is 0 Å². The SMILES string of the molecule is COc1ccc2c(c1)cc(-c1ccc(/C=C/c3nc(-c4ccc(Cl)cc4Cl)cn3Cc3ccc(C(=O)O)cc3)cc1)n2C(=O)OC(C)(C)C. The number of hydrogen-bond donors (Lipinski definition) is 1. The third-order valence-electron chi connectivity index (χ3n) is 7.78. The summed E-state index contributed by atoms with van der Waals surface area (Å²) >= 11 is 12.7. The van der Waals surface area contributed by atoms with E-state index in [-0.39, 0.29) is 5.56 Å². The Balaban J connectivity index is 1.33. The van der Waals surface area contributed by atoms with E-state index >= 15 is 0 Å². The second-order valence-corrected chi connectivity index (χ2v) is 13.3. The maximum atomic E-state index is 13.4. The van der Waals surface area contributed by atoms with Crippen molar-refractivity contribution >= 4 is 58.3 Å². The second kappa shape index (κ2) is 13.7. The summed E-state index contributed by atoms with van der Waals surface area (Å²) in [4.78, 5) is 29.6. The number of imidazole rings is 1. The predicted molar refractivity (Wildman–Crippen MR) is 195 cm³/mol. The van der Waals surface area contributed by atoms with Crippen LogP contribution in [0.25, 0.3) is 45.6 Å². The Hall–Kier alpha value is -5.31. The molecule has 0 atom stereocenters. The molecule has 0 fully saturated rings. The number of carbonyl (C=O) groups excluding carboxylic acids is 1. The number of aromatic nitrogens is 3. The minimum absolute atomic E-state index is 0.220.